The number of hydrazine groups is 1. The summed E-state index contributed by atoms with van der Waals surface area (Å²) in [5.41, 5.74) is 4.87. The van der Waals surface area contributed by atoms with Gasteiger partial charge in [-0.2, -0.15) is 0 Å². The van der Waals surface area contributed by atoms with E-state index in [0.29, 0.717) is 6.42 Å². The minimum atomic E-state index is 0.0813. The molecule has 0 aromatic heterocycles. The standard InChI is InChI=1S/C11H12N2O/c1-2-9-3-5-10(6-4-9)13-8-7-11(14)12-13/h2-6H,1,7-8H2,(H,12,14). The van der Waals surface area contributed by atoms with Crippen molar-refractivity contribution < 1.29 is 4.79 Å². The van der Waals surface area contributed by atoms with Crippen LogP contribution in [0.3, 0.4) is 0 Å². The van der Waals surface area contributed by atoms with Gasteiger partial charge in [0.05, 0.1) is 5.69 Å². The maximum atomic E-state index is 11.0. The third kappa shape index (κ3) is 1.62. The molecule has 0 aliphatic carbocycles. The Balaban J connectivity index is 2.16. The van der Waals surface area contributed by atoms with Crippen LogP contribution in [0.4, 0.5) is 5.69 Å². The number of carbonyl (C=O) groups excluding carboxylic acids is 1. The summed E-state index contributed by atoms with van der Waals surface area (Å²) in [4.78, 5) is 11.0. The van der Waals surface area contributed by atoms with Crippen LogP contribution in [0.2, 0.25) is 0 Å². The van der Waals surface area contributed by atoms with Gasteiger partial charge in [0.1, 0.15) is 0 Å². The Labute approximate surface area is 83.0 Å². The zero-order valence-electron chi connectivity index (χ0n) is 7.86. The van der Waals surface area contributed by atoms with Crippen LogP contribution in [0.1, 0.15) is 12.0 Å². The van der Waals surface area contributed by atoms with Crippen molar-refractivity contribution in [2.45, 2.75) is 6.42 Å². The minimum Gasteiger partial charge on any atom is -0.285 e. The van der Waals surface area contributed by atoms with Crippen LogP contribution in [-0.4, -0.2) is 12.5 Å². The van der Waals surface area contributed by atoms with Crippen LogP contribution in [0, 0.1) is 0 Å². The van der Waals surface area contributed by atoms with E-state index in [2.05, 4.69) is 12.0 Å². The van der Waals surface area contributed by atoms with Crippen molar-refractivity contribution in [2.24, 2.45) is 0 Å². The summed E-state index contributed by atoms with van der Waals surface area (Å²) >= 11 is 0. The minimum absolute atomic E-state index is 0.0813. The average molecular weight is 188 g/mol. The van der Waals surface area contributed by atoms with Crippen LogP contribution in [0.15, 0.2) is 30.8 Å². The largest absolute Gasteiger partial charge is 0.285 e. The van der Waals surface area contributed by atoms with E-state index in [1.54, 1.807) is 6.08 Å². The summed E-state index contributed by atoms with van der Waals surface area (Å²) in [5, 5.41) is 1.86. The normalized spacial score (nSPS) is 15.4. The van der Waals surface area contributed by atoms with E-state index in [9.17, 15) is 4.79 Å². The first kappa shape index (κ1) is 8.81. The van der Waals surface area contributed by atoms with Crippen LogP contribution >= 0.6 is 0 Å². The van der Waals surface area contributed by atoms with Gasteiger partial charge < -0.3 is 0 Å². The number of nitrogens with one attached hydrogen (secondary N) is 1. The molecule has 72 valence electrons. The van der Waals surface area contributed by atoms with Gasteiger partial charge in [0.2, 0.25) is 5.91 Å². The molecule has 2 rings (SSSR count). The molecule has 0 saturated carbocycles. The lowest BCUT2D eigenvalue weighted by molar-refractivity contribution is -0.119. The van der Waals surface area contributed by atoms with Crippen LogP contribution in [0.5, 0.6) is 0 Å². The number of carbonyl (C=O) groups is 1. The van der Waals surface area contributed by atoms with Gasteiger partial charge in [0, 0.05) is 13.0 Å². The Hall–Kier alpha value is -1.77. The first-order valence-electron chi connectivity index (χ1n) is 4.59. The zero-order valence-corrected chi connectivity index (χ0v) is 7.86. The molecule has 1 saturated heterocycles. The Bertz CT molecular complexity index is 356. The summed E-state index contributed by atoms with van der Waals surface area (Å²) in [7, 11) is 0. The molecule has 1 aromatic rings. The quantitative estimate of drug-likeness (QED) is 0.764. The highest BCUT2D eigenvalue weighted by molar-refractivity contribution is 5.81. The van der Waals surface area contributed by atoms with Crippen molar-refractivity contribution in [3.8, 4) is 0 Å². The Kier molecular flexibility index (Phi) is 2.23. The molecule has 3 heteroatoms. The molecule has 0 spiro atoms. The van der Waals surface area contributed by atoms with Crippen LogP contribution in [-0.2, 0) is 4.79 Å². The number of rotatable bonds is 2. The van der Waals surface area contributed by atoms with E-state index in [1.165, 1.54) is 0 Å². The summed E-state index contributed by atoms with van der Waals surface area (Å²) in [6.45, 7) is 4.43. The molecule has 1 amide bonds. The van der Waals surface area contributed by atoms with E-state index in [-0.39, 0.29) is 5.91 Å². The number of anilines is 1. The first-order chi connectivity index (χ1) is 6.79. The van der Waals surface area contributed by atoms with Crippen molar-refractivity contribution in [2.75, 3.05) is 11.6 Å². The molecule has 0 unspecified atom stereocenters. The summed E-state index contributed by atoms with van der Waals surface area (Å²) in [5.74, 6) is 0.0813. The highest BCUT2D eigenvalue weighted by atomic mass is 16.2. The molecule has 3 nitrogen and oxygen atoms in total. The van der Waals surface area contributed by atoms with Gasteiger partial charge in [-0.3, -0.25) is 15.2 Å². The van der Waals surface area contributed by atoms with Crippen molar-refractivity contribution in [3.05, 3.63) is 36.4 Å². The van der Waals surface area contributed by atoms with E-state index < -0.39 is 0 Å². The summed E-state index contributed by atoms with van der Waals surface area (Å²) < 4.78 is 0. The zero-order chi connectivity index (χ0) is 9.97. The molecule has 0 radical (unpaired) electrons. The van der Waals surface area contributed by atoms with Crippen molar-refractivity contribution in [1.82, 2.24) is 5.43 Å². The molecule has 1 N–H and O–H groups in total. The van der Waals surface area contributed by atoms with Crippen molar-refractivity contribution in [3.63, 3.8) is 0 Å². The lowest BCUT2D eigenvalue weighted by Gasteiger charge is -2.16. The van der Waals surface area contributed by atoms with Crippen LogP contribution in [0.25, 0.3) is 6.08 Å². The van der Waals surface area contributed by atoms with Gasteiger partial charge in [-0.25, -0.2) is 0 Å². The fraction of sp³-hybridized carbons (Fsp3) is 0.182. The second-order valence-electron chi connectivity index (χ2n) is 3.23. The smallest absolute Gasteiger partial charge is 0.240 e. The second kappa shape index (κ2) is 3.54. The predicted molar refractivity (Wildman–Crippen MR) is 56.6 cm³/mol. The Morgan fingerprint density at radius 3 is 2.57 bits per heavy atom. The first-order valence-corrected chi connectivity index (χ1v) is 4.59. The van der Waals surface area contributed by atoms with E-state index in [0.717, 1.165) is 17.8 Å². The topological polar surface area (TPSA) is 32.3 Å². The number of amides is 1. The fourth-order valence-electron chi connectivity index (χ4n) is 1.46. The predicted octanol–water partition coefficient (Wildman–Crippen LogP) is 1.57. The molecule has 14 heavy (non-hydrogen) atoms. The molecule has 0 atom stereocenters. The van der Waals surface area contributed by atoms with E-state index in [4.69, 9.17) is 0 Å². The molecule has 1 aliphatic rings. The summed E-state index contributed by atoms with van der Waals surface area (Å²) in [6.07, 6.45) is 2.37. The lowest BCUT2D eigenvalue weighted by Crippen LogP contribution is -2.32. The molecule has 1 aromatic carbocycles. The second-order valence-corrected chi connectivity index (χ2v) is 3.23. The van der Waals surface area contributed by atoms with Gasteiger partial charge >= 0.3 is 0 Å². The number of nitrogens with zero attached hydrogens (tertiary/aromatic N) is 1. The molecular formula is C11H12N2O. The average Bonchev–Trinajstić information content (AvgIpc) is 2.65. The molecule has 1 fully saturated rings. The monoisotopic (exact) mass is 188 g/mol. The van der Waals surface area contributed by atoms with Gasteiger partial charge in [-0.15, -0.1) is 0 Å². The fourth-order valence-corrected chi connectivity index (χ4v) is 1.46. The van der Waals surface area contributed by atoms with Gasteiger partial charge in [0.15, 0.2) is 0 Å². The van der Waals surface area contributed by atoms with Crippen molar-refractivity contribution in [1.29, 1.82) is 0 Å². The van der Waals surface area contributed by atoms with Gasteiger partial charge in [-0.1, -0.05) is 24.8 Å². The lowest BCUT2D eigenvalue weighted by atomic mass is 10.2. The van der Waals surface area contributed by atoms with Crippen LogP contribution < -0.4 is 10.4 Å². The Morgan fingerprint density at radius 2 is 2.07 bits per heavy atom. The maximum Gasteiger partial charge on any atom is 0.240 e. The number of hydrogen-bond donors (Lipinski definition) is 1. The van der Waals surface area contributed by atoms with Gasteiger partial charge in [-0.05, 0) is 17.7 Å². The highest BCUT2D eigenvalue weighted by Gasteiger charge is 2.17. The third-order valence-corrected chi connectivity index (χ3v) is 2.26. The number of hydrogen-bond acceptors (Lipinski definition) is 2. The Morgan fingerprint density at radius 1 is 1.36 bits per heavy atom. The number of benzene rings is 1. The van der Waals surface area contributed by atoms with Gasteiger partial charge in [0.25, 0.3) is 0 Å². The van der Waals surface area contributed by atoms with Crippen molar-refractivity contribution >= 4 is 17.7 Å². The molecule has 1 aliphatic heterocycles. The van der Waals surface area contributed by atoms with E-state index in [1.807, 2.05) is 29.3 Å². The summed E-state index contributed by atoms with van der Waals surface area (Å²) in [6, 6.07) is 7.91. The molecular weight excluding hydrogens is 176 g/mol. The van der Waals surface area contributed by atoms with E-state index >= 15 is 0 Å². The highest BCUT2D eigenvalue weighted by Crippen LogP contribution is 2.16. The SMILES string of the molecule is C=Cc1ccc(N2CCC(=O)N2)cc1. The molecule has 0 bridgehead atoms. The maximum absolute atomic E-state index is 11.0. The molecule has 1 heterocycles. The third-order valence-electron chi connectivity index (χ3n) is 2.26.